The molecule has 1 atom stereocenters. The van der Waals surface area contributed by atoms with Crippen LogP contribution in [-0.4, -0.2) is 39.7 Å². The molecule has 1 amide bonds. The Hall–Kier alpha value is -1.37. The molecule has 1 aromatic carbocycles. The number of hydrogen-bond acceptors (Lipinski definition) is 3. The number of aromatic nitrogens is 2. The van der Waals surface area contributed by atoms with Crippen LogP contribution in [0.25, 0.3) is 5.69 Å². The molecule has 2 aliphatic rings. The third kappa shape index (κ3) is 3.48. The molecule has 134 valence electrons. The van der Waals surface area contributed by atoms with E-state index in [1.165, 1.54) is 5.69 Å². The molecule has 2 heterocycles. The van der Waals surface area contributed by atoms with Crippen LogP contribution in [0, 0.1) is 0 Å². The zero-order chi connectivity index (χ0) is 16.7. The third-order valence-corrected chi connectivity index (χ3v) is 5.49. The number of rotatable bonds is 2. The molecule has 1 aliphatic carbocycles. The van der Waals surface area contributed by atoms with Gasteiger partial charge >= 0.3 is 0 Å². The van der Waals surface area contributed by atoms with Crippen LogP contribution in [0.15, 0.2) is 28.7 Å². The Morgan fingerprint density at radius 2 is 1.92 bits per heavy atom. The number of fused-ring (bicyclic) bond motifs is 1. The van der Waals surface area contributed by atoms with E-state index in [1.54, 1.807) is 0 Å². The Bertz CT molecular complexity index is 774. The number of amides is 1. The first-order chi connectivity index (χ1) is 11.6. The zero-order valence-corrected chi connectivity index (χ0v) is 16.4. The molecule has 1 aromatic heterocycles. The summed E-state index contributed by atoms with van der Waals surface area (Å²) in [6.07, 6.45) is 5.07. The fourth-order valence-corrected chi connectivity index (χ4v) is 3.95. The van der Waals surface area contributed by atoms with Gasteiger partial charge < -0.3 is 10.6 Å². The van der Waals surface area contributed by atoms with Crippen LogP contribution in [0.3, 0.4) is 0 Å². The molecule has 1 fully saturated rings. The van der Waals surface area contributed by atoms with Gasteiger partial charge in [0.05, 0.1) is 5.69 Å². The number of benzene rings is 1. The van der Waals surface area contributed by atoms with Crippen molar-refractivity contribution in [1.29, 1.82) is 0 Å². The summed E-state index contributed by atoms with van der Waals surface area (Å²) in [5.41, 5.74) is 9.92. The maximum Gasteiger partial charge on any atom is 0.274 e. The van der Waals surface area contributed by atoms with Crippen molar-refractivity contribution in [3.8, 4) is 5.69 Å². The van der Waals surface area contributed by atoms with E-state index in [-0.39, 0.29) is 24.4 Å². The number of hydrogen-bond donors (Lipinski definition) is 1. The smallest absolute Gasteiger partial charge is 0.274 e. The average Bonchev–Trinajstić information content (AvgIpc) is 3.19. The van der Waals surface area contributed by atoms with Crippen LogP contribution in [0.4, 0.5) is 0 Å². The van der Waals surface area contributed by atoms with E-state index in [0.717, 1.165) is 54.4 Å². The highest BCUT2D eigenvalue weighted by molar-refractivity contribution is 9.10. The molecule has 0 bridgehead atoms. The summed E-state index contributed by atoms with van der Waals surface area (Å²) in [7, 11) is 0. The Balaban J connectivity index is 0.00000182. The third-order valence-electron chi connectivity index (χ3n) is 4.97. The molecule has 2 aromatic rings. The van der Waals surface area contributed by atoms with Crippen molar-refractivity contribution in [3.63, 3.8) is 0 Å². The topological polar surface area (TPSA) is 64.2 Å². The lowest BCUT2D eigenvalue weighted by molar-refractivity contribution is 0.0783. The van der Waals surface area contributed by atoms with Crippen LogP contribution in [0.1, 0.15) is 41.0 Å². The average molecular weight is 426 g/mol. The Kier molecular flexibility index (Phi) is 5.51. The van der Waals surface area contributed by atoms with Crippen molar-refractivity contribution < 1.29 is 4.79 Å². The van der Waals surface area contributed by atoms with Gasteiger partial charge in [0.2, 0.25) is 0 Å². The standard InChI is InChI=1S/C18H21BrN4O.ClH/c19-12-5-7-14(8-6-12)23-16-4-2-1-3-15(16)17(21-23)18(24)22-10-9-13(20)11-22;/h5-8,13H,1-4,9-11,20H2;1H/t13-;/m1./s1. The molecule has 25 heavy (non-hydrogen) atoms. The Labute approximate surface area is 162 Å². The van der Waals surface area contributed by atoms with Crippen LogP contribution in [0.2, 0.25) is 0 Å². The van der Waals surface area contributed by atoms with Crippen molar-refractivity contribution in [3.05, 3.63) is 45.7 Å². The van der Waals surface area contributed by atoms with Gasteiger partial charge in [0, 0.05) is 34.9 Å². The molecule has 4 rings (SSSR count). The largest absolute Gasteiger partial charge is 0.336 e. The second kappa shape index (κ2) is 7.48. The van der Waals surface area contributed by atoms with Crippen LogP contribution in [0.5, 0.6) is 0 Å². The van der Waals surface area contributed by atoms with Crippen molar-refractivity contribution in [2.75, 3.05) is 13.1 Å². The summed E-state index contributed by atoms with van der Waals surface area (Å²) in [6.45, 7) is 1.37. The molecular weight excluding hydrogens is 404 g/mol. The summed E-state index contributed by atoms with van der Waals surface area (Å²) in [6, 6.07) is 8.18. The fourth-order valence-electron chi connectivity index (χ4n) is 3.69. The normalized spacial score (nSPS) is 19.4. The maximum absolute atomic E-state index is 13.0. The second-order valence-electron chi connectivity index (χ2n) is 6.67. The quantitative estimate of drug-likeness (QED) is 0.804. The summed E-state index contributed by atoms with van der Waals surface area (Å²) < 4.78 is 3.00. The molecule has 0 radical (unpaired) electrons. The van der Waals surface area contributed by atoms with Crippen molar-refractivity contribution in [2.24, 2.45) is 5.73 Å². The summed E-state index contributed by atoms with van der Waals surface area (Å²) in [5.74, 6) is 0.0389. The molecule has 0 spiro atoms. The fraction of sp³-hybridized carbons (Fsp3) is 0.444. The number of carbonyl (C=O) groups is 1. The molecule has 2 N–H and O–H groups in total. The van der Waals surface area contributed by atoms with E-state index in [4.69, 9.17) is 10.8 Å². The van der Waals surface area contributed by atoms with Crippen molar-refractivity contribution in [2.45, 2.75) is 38.1 Å². The van der Waals surface area contributed by atoms with E-state index in [9.17, 15) is 4.79 Å². The lowest BCUT2D eigenvalue weighted by atomic mass is 9.95. The number of carbonyl (C=O) groups excluding carboxylic acids is 1. The monoisotopic (exact) mass is 424 g/mol. The van der Waals surface area contributed by atoms with Gasteiger partial charge in [-0.2, -0.15) is 5.10 Å². The predicted octanol–water partition coefficient (Wildman–Crippen LogP) is 3.11. The molecule has 1 aliphatic heterocycles. The number of nitrogens with zero attached hydrogens (tertiary/aromatic N) is 3. The highest BCUT2D eigenvalue weighted by Gasteiger charge is 2.31. The first kappa shape index (κ1) is 18.4. The SMILES string of the molecule is Cl.N[C@@H]1CCN(C(=O)c2nn(-c3ccc(Br)cc3)c3c2CCCC3)C1. The molecule has 1 saturated heterocycles. The highest BCUT2D eigenvalue weighted by Crippen LogP contribution is 2.28. The lowest BCUT2D eigenvalue weighted by Gasteiger charge is -2.17. The van der Waals surface area contributed by atoms with Crippen LogP contribution < -0.4 is 5.73 Å². The second-order valence-corrected chi connectivity index (χ2v) is 7.58. The van der Waals surface area contributed by atoms with E-state index < -0.39 is 0 Å². The number of likely N-dealkylation sites (tertiary alicyclic amines) is 1. The Morgan fingerprint density at radius 3 is 2.60 bits per heavy atom. The van der Waals surface area contributed by atoms with E-state index >= 15 is 0 Å². The van der Waals surface area contributed by atoms with Gasteiger partial charge in [-0.3, -0.25) is 4.79 Å². The minimum atomic E-state index is 0. The summed E-state index contributed by atoms with van der Waals surface area (Å²) in [4.78, 5) is 14.8. The first-order valence-corrected chi connectivity index (χ1v) is 9.34. The van der Waals surface area contributed by atoms with Gasteiger partial charge in [0.25, 0.3) is 5.91 Å². The predicted molar refractivity (Wildman–Crippen MR) is 104 cm³/mol. The zero-order valence-electron chi connectivity index (χ0n) is 13.9. The molecule has 7 heteroatoms. The molecule has 0 saturated carbocycles. The van der Waals surface area contributed by atoms with Gasteiger partial charge in [0.15, 0.2) is 5.69 Å². The van der Waals surface area contributed by atoms with E-state index in [0.29, 0.717) is 12.2 Å². The molecular formula is C18H22BrClN4O. The summed E-state index contributed by atoms with van der Waals surface area (Å²) in [5, 5.41) is 4.73. The minimum absolute atomic E-state index is 0. The van der Waals surface area contributed by atoms with E-state index in [1.807, 2.05) is 33.8 Å². The van der Waals surface area contributed by atoms with Crippen molar-refractivity contribution >= 4 is 34.2 Å². The highest BCUT2D eigenvalue weighted by atomic mass is 79.9. The number of nitrogens with two attached hydrogens (primary N) is 1. The van der Waals surface area contributed by atoms with Crippen LogP contribution in [-0.2, 0) is 12.8 Å². The van der Waals surface area contributed by atoms with E-state index in [2.05, 4.69) is 15.9 Å². The lowest BCUT2D eigenvalue weighted by Crippen LogP contribution is -2.32. The number of halogens is 2. The minimum Gasteiger partial charge on any atom is -0.336 e. The van der Waals surface area contributed by atoms with Gasteiger partial charge in [0.1, 0.15) is 0 Å². The summed E-state index contributed by atoms with van der Waals surface area (Å²) >= 11 is 3.47. The van der Waals surface area contributed by atoms with Gasteiger partial charge in [-0.15, -0.1) is 12.4 Å². The van der Waals surface area contributed by atoms with Crippen molar-refractivity contribution in [1.82, 2.24) is 14.7 Å². The molecule has 5 nitrogen and oxygen atoms in total. The van der Waals surface area contributed by atoms with Crippen LogP contribution >= 0.6 is 28.3 Å². The van der Waals surface area contributed by atoms with Gasteiger partial charge in [-0.05, 0) is 56.4 Å². The molecule has 0 unspecified atom stereocenters. The van der Waals surface area contributed by atoms with Gasteiger partial charge in [-0.25, -0.2) is 4.68 Å². The Morgan fingerprint density at radius 1 is 1.20 bits per heavy atom. The van der Waals surface area contributed by atoms with Gasteiger partial charge in [-0.1, -0.05) is 15.9 Å². The first-order valence-electron chi connectivity index (χ1n) is 8.55. The maximum atomic E-state index is 13.0.